The zero-order valence-corrected chi connectivity index (χ0v) is 20.5. The molecular weight excluding hydrogens is 543 g/mol. The third-order valence-corrected chi connectivity index (χ3v) is 6.93. The molecule has 0 radical (unpaired) electrons. The SMILES string of the molecule is Nc1ccc2cc(S(=O)(=O)O)cc(O)c2c1N=Nc1ccc(NC(=O)c2cccc(F)c2)cc1S(=O)(=O)O. The number of carbonyl (C=O) groups is 1. The van der Waals surface area contributed by atoms with Crippen molar-refractivity contribution >= 4 is 59.7 Å². The molecule has 1 amide bonds. The largest absolute Gasteiger partial charge is 0.507 e. The number of phenolic OH excluding ortho intramolecular Hbond substituents is 1. The highest BCUT2D eigenvalue weighted by Gasteiger charge is 2.20. The van der Waals surface area contributed by atoms with Crippen molar-refractivity contribution in [3.8, 4) is 5.75 Å². The second-order valence-electron chi connectivity index (χ2n) is 7.84. The summed E-state index contributed by atoms with van der Waals surface area (Å²) in [5.74, 6) is -2.01. The number of rotatable bonds is 6. The number of halogens is 1. The van der Waals surface area contributed by atoms with E-state index in [1.807, 2.05) is 0 Å². The fourth-order valence-corrected chi connectivity index (χ4v) is 4.67. The van der Waals surface area contributed by atoms with E-state index in [1.165, 1.54) is 30.3 Å². The van der Waals surface area contributed by atoms with Gasteiger partial charge in [0.15, 0.2) is 0 Å². The van der Waals surface area contributed by atoms with Gasteiger partial charge < -0.3 is 16.2 Å². The normalized spacial score (nSPS) is 12.2. The first-order chi connectivity index (χ1) is 17.7. The van der Waals surface area contributed by atoms with Gasteiger partial charge in [-0.05, 0) is 53.9 Å². The smallest absolute Gasteiger partial charge is 0.296 e. The zero-order chi connectivity index (χ0) is 27.8. The van der Waals surface area contributed by atoms with Crippen LogP contribution < -0.4 is 11.1 Å². The molecule has 38 heavy (non-hydrogen) atoms. The number of anilines is 2. The van der Waals surface area contributed by atoms with Crippen LogP contribution in [0.5, 0.6) is 5.75 Å². The molecule has 0 atom stereocenters. The number of azo groups is 1. The molecule has 4 rings (SSSR count). The zero-order valence-electron chi connectivity index (χ0n) is 18.9. The molecule has 6 N–H and O–H groups in total. The van der Waals surface area contributed by atoms with E-state index in [0.29, 0.717) is 0 Å². The maximum absolute atomic E-state index is 13.4. The van der Waals surface area contributed by atoms with Gasteiger partial charge in [-0.3, -0.25) is 13.9 Å². The van der Waals surface area contributed by atoms with E-state index < -0.39 is 47.5 Å². The molecule has 0 heterocycles. The van der Waals surface area contributed by atoms with Gasteiger partial charge in [0.05, 0.1) is 16.0 Å². The Hall–Kier alpha value is -4.44. The molecule has 0 unspecified atom stereocenters. The van der Waals surface area contributed by atoms with Gasteiger partial charge in [-0.1, -0.05) is 12.1 Å². The molecular formula is C23H17FN4O8S2. The van der Waals surface area contributed by atoms with E-state index in [9.17, 15) is 40.2 Å². The molecule has 4 aromatic rings. The highest BCUT2D eigenvalue weighted by atomic mass is 32.2. The van der Waals surface area contributed by atoms with Crippen molar-refractivity contribution < 1.29 is 40.2 Å². The third-order valence-electron chi connectivity index (χ3n) is 5.21. The summed E-state index contributed by atoms with van der Waals surface area (Å²) in [7, 11) is -9.53. The van der Waals surface area contributed by atoms with Crippen LogP contribution in [0.2, 0.25) is 0 Å². The highest BCUT2D eigenvalue weighted by molar-refractivity contribution is 7.86. The van der Waals surface area contributed by atoms with Crippen LogP contribution >= 0.6 is 0 Å². The molecule has 0 aliphatic carbocycles. The Bertz CT molecular complexity index is 1860. The van der Waals surface area contributed by atoms with Crippen LogP contribution in [0, 0.1) is 5.82 Å². The standard InChI is InChI=1S/C23H17FN4O8S2/c24-14-3-1-2-13(8-14)23(30)26-15-5-7-18(20(10-15)38(34,35)36)27-28-22-17(25)6-4-12-9-16(37(31,32)33)11-19(29)21(12)22/h1-11,29H,25H2,(H,26,30)(H,31,32,33)(H,34,35,36). The molecule has 0 aromatic heterocycles. The number of amides is 1. The Morgan fingerprint density at radius 3 is 2.29 bits per heavy atom. The van der Waals surface area contributed by atoms with E-state index in [1.54, 1.807) is 0 Å². The van der Waals surface area contributed by atoms with Crippen LogP contribution in [0.25, 0.3) is 10.8 Å². The van der Waals surface area contributed by atoms with E-state index in [0.717, 1.165) is 36.4 Å². The number of nitrogens with one attached hydrogen (secondary N) is 1. The lowest BCUT2D eigenvalue weighted by Crippen LogP contribution is -2.12. The van der Waals surface area contributed by atoms with E-state index in [2.05, 4.69) is 15.5 Å². The predicted octanol–water partition coefficient (Wildman–Crippen LogP) is 4.43. The van der Waals surface area contributed by atoms with Crippen molar-refractivity contribution in [3.63, 3.8) is 0 Å². The monoisotopic (exact) mass is 560 g/mol. The molecule has 196 valence electrons. The van der Waals surface area contributed by atoms with E-state index in [-0.39, 0.29) is 39.1 Å². The minimum atomic E-state index is -4.89. The Morgan fingerprint density at radius 2 is 1.63 bits per heavy atom. The number of nitrogens with two attached hydrogens (primary N) is 1. The van der Waals surface area contributed by atoms with Crippen LogP contribution in [0.1, 0.15) is 10.4 Å². The van der Waals surface area contributed by atoms with Crippen molar-refractivity contribution in [1.82, 2.24) is 0 Å². The quantitative estimate of drug-likeness (QED) is 0.128. The van der Waals surface area contributed by atoms with Gasteiger partial charge in [0, 0.05) is 17.3 Å². The van der Waals surface area contributed by atoms with Crippen molar-refractivity contribution in [3.05, 3.63) is 78.1 Å². The summed E-state index contributed by atoms with van der Waals surface area (Å²) in [5, 5.41) is 20.6. The van der Waals surface area contributed by atoms with Crippen LogP contribution in [0.15, 0.2) is 86.7 Å². The van der Waals surface area contributed by atoms with Gasteiger partial charge in [-0.25, -0.2) is 4.39 Å². The number of benzene rings is 4. The maximum Gasteiger partial charge on any atom is 0.296 e. The minimum Gasteiger partial charge on any atom is -0.507 e. The number of nitrogen functional groups attached to an aromatic ring is 1. The molecule has 0 aliphatic heterocycles. The minimum absolute atomic E-state index is 0.0245. The molecule has 4 aromatic carbocycles. The molecule has 12 nitrogen and oxygen atoms in total. The van der Waals surface area contributed by atoms with Crippen molar-refractivity contribution in [2.45, 2.75) is 9.79 Å². The number of aromatic hydroxyl groups is 1. The third kappa shape index (κ3) is 5.60. The first-order valence-corrected chi connectivity index (χ1v) is 13.2. The highest BCUT2D eigenvalue weighted by Crippen LogP contribution is 2.41. The molecule has 0 aliphatic rings. The summed E-state index contributed by atoms with van der Waals surface area (Å²) in [6.07, 6.45) is 0. The Labute approximate surface area is 214 Å². The van der Waals surface area contributed by atoms with Gasteiger partial charge >= 0.3 is 0 Å². The Balaban J connectivity index is 1.76. The molecule has 0 fully saturated rings. The van der Waals surface area contributed by atoms with Crippen LogP contribution in [0.4, 0.5) is 27.1 Å². The number of phenols is 1. The second kappa shape index (κ2) is 9.79. The summed E-state index contributed by atoms with van der Waals surface area (Å²) in [6, 6.07) is 12.6. The average molecular weight is 561 g/mol. The number of fused-ring (bicyclic) bond motifs is 1. The van der Waals surface area contributed by atoms with Crippen LogP contribution in [0.3, 0.4) is 0 Å². The molecule has 0 spiro atoms. The first-order valence-electron chi connectivity index (χ1n) is 10.4. The summed E-state index contributed by atoms with van der Waals surface area (Å²) in [6.45, 7) is 0. The predicted molar refractivity (Wildman–Crippen MR) is 135 cm³/mol. The molecule has 0 saturated carbocycles. The summed E-state index contributed by atoms with van der Waals surface area (Å²) in [4.78, 5) is 11.1. The van der Waals surface area contributed by atoms with Crippen molar-refractivity contribution in [2.75, 3.05) is 11.1 Å². The molecule has 0 bridgehead atoms. The summed E-state index contributed by atoms with van der Waals surface area (Å²) >= 11 is 0. The van der Waals surface area contributed by atoms with Gasteiger partial charge in [0.1, 0.15) is 27.8 Å². The topological polar surface area (TPSA) is 209 Å². The lowest BCUT2D eigenvalue weighted by Gasteiger charge is -2.10. The summed E-state index contributed by atoms with van der Waals surface area (Å²) in [5.41, 5.74) is 5.28. The fourth-order valence-electron chi connectivity index (χ4n) is 3.49. The first kappa shape index (κ1) is 26.6. The van der Waals surface area contributed by atoms with Gasteiger partial charge in [0.2, 0.25) is 0 Å². The van der Waals surface area contributed by atoms with Crippen molar-refractivity contribution in [2.24, 2.45) is 10.2 Å². The van der Waals surface area contributed by atoms with Gasteiger partial charge in [-0.15, -0.1) is 10.2 Å². The number of hydrogen-bond donors (Lipinski definition) is 5. The lowest BCUT2D eigenvalue weighted by molar-refractivity contribution is 0.102. The number of nitrogens with zero attached hydrogens (tertiary/aromatic N) is 2. The fraction of sp³-hybridized carbons (Fsp3) is 0. The number of carbonyl (C=O) groups excluding carboxylic acids is 1. The molecule has 15 heteroatoms. The second-order valence-corrected chi connectivity index (χ2v) is 10.7. The van der Waals surface area contributed by atoms with Crippen molar-refractivity contribution in [1.29, 1.82) is 0 Å². The summed E-state index contributed by atoms with van der Waals surface area (Å²) < 4.78 is 79.4. The Morgan fingerprint density at radius 1 is 0.895 bits per heavy atom. The van der Waals surface area contributed by atoms with Gasteiger partial charge in [0.25, 0.3) is 26.1 Å². The average Bonchev–Trinajstić information content (AvgIpc) is 2.82. The van der Waals surface area contributed by atoms with Crippen LogP contribution in [-0.2, 0) is 20.2 Å². The lowest BCUT2D eigenvalue weighted by atomic mass is 10.1. The van der Waals surface area contributed by atoms with E-state index in [4.69, 9.17) is 5.73 Å². The number of hydrogen-bond acceptors (Lipinski definition) is 9. The molecule has 0 saturated heterocycles. The van der Waals surface area contributed by atoms with Crippen LogP contribution in [-0.4, -0.2) is 37.0 Å². The van der Waals surface area contributed by atoms with E-state index >= 15 is 0 Å². The van der Waals surface area contributed by atoms with Gasteiger partial charge in [-0.2, -0.15) is 16.8 Å². The maximum atomic E-state index is 13.4. The Kier molecular flexibility index (Phi) is 6.86.